The molecule has 0 unspecified atom stereocenters. The van der Waals surface area contributed by atoms with E-state index in [1.807, 2.05) is 0 Å². The standard InChI is InChI=1S/C31H27Cl2F2N3O4/c32-22-14-36-15-23(33)26(22)27-20(28(42-38-27)18-1-2-18)5-7-31-10-8-30(9-11-31,17-40-31)16-39-19-3-4-24-21(13-19)25(6-12-37-24)41-29(34)35/h3-7,12-15,18,29H,1-2,8-11,16-17H2/b7-5+. The van der Waals surface area contributed by atoms with E-state index >= 15 is 0 Å². The van der Waals surface area contributed by atoms with E-state index in [-0.39, 0.29) is 16.8 Å². The molecule has 0 radical (unpaired) electrons. The third-order valence-corrected chi connectivity index (χ3v) is 9.18. The van der Waals surface area contributed by atoms with Gasteiger partial charge in [-0.2, -0.15) is 8.78 Å². The number of alkyl halides is 2. The number of ether oxygens (including phenoxy) is 3. The van der Waals surface area contributed by atoms with Crippen LogP contribution in [0.4, 0.5) is 8.78 Å². The molecule has 0 amide bonds. The molecule has 4 fully saturated rings. The van der Waals surface area contributed by atoms with Crippen LogP contribution in [0.15, 0.2) is 53.5 Å². The van der Waals surface area contributed by atoms with Gasteiger partial charge < -0.3 is 18.7 Å². The van der Waals surface area contributed by atoms with Crippen molar-refractivity contribution in [1.82, 2.24) is 15.1 Å². The Morgan fingerprint density at radius 3 is 2.55 bits per heavy atom. The summed E-state index contributed by atoms with van der Waals surface area (Å²) < 4.78 is 48.9. The Morgan fingerprint density at radius 2 is 1.86 bits per heavy atom. The number of benzene rings is 1. The van der Waals surface area contributed by atoms with Crippen molar-refractivity contribution in [1.29, 1.82) is 0 Å². The molecule has 0 atom stereocenters. The smallest absolute Gasteiger partial charge is 0.387 e. The minimum atomic E-state index is -2.92. The van der Waals surface area contributed by atoms with Gasteiger partial charge in [-0.1, -0.05) is 40.5 Å². The van der Waals surface area contributed by atoms with Gasteiger partial charge in [-0.3, -0.25) is 9.97 Å². The van der Waals surface area contributed by atoms with Crippen LogP contribution in [0.1, 0.15) is 55.8 Å². The summed E-state index contributed by atoms with van der Waals surface area (Å²) in [4.78, 5) is 8.30. The fourth-order valence-corrected chi connectivity index (χ4v) is 6.52. The minimum absolute atomic E-state index is 0.0724. The van der Waals surface area contributed by atoms with E-state index in [0.717, 1.165) is 49.8 Å². The highest BCUT2D eigenvalue weighted by Crippen LogP contribution is 2.51. The molecular formula is C31H27Cl2F2N3O4. The van der Waals surface area contributed by atoms with Crippen LogP contribution in [0.2, 0.25) is 10.0 Å². The third-order valence-electron chi connectivity index (χ3n) is 8.60. The second-order valence-corrected chi connectivity index (χ2v) is 12.2. The highest BCUT2D eigenvalue weighted by atomic mass is 35.5. The Morgan fingerprint density at radius 1 is 1.07 bits per heavy atom. The SMILES string of the molecule is FC(F)Oc1ccnc2ccc(OCC34CCC(/C=C/c5c(-c6c(Cl)cncc6Cl)noc5C5CC5)(CC3)OC4)cc12. The quantitative estimate of drug-likeness (QED) is 0.187. The van der Waals surface area contributed by atoms with Crippen molar-refractivity contribution in [3.63, 3.8) is 0 Å². The van der Waals surface area contributed by atoms with Gasteiger partial charge >= 0.3 is 6.61 Å². The Kier molecular flexibility index (Phi) is 7.07. The molecule has 4 aromatic rings. The average molecular weight is 614 g/mol. The zero-order chi connectivity index (χ0) is 28.9. The topological polar surface area (TPSA) is 79.5 Å². The number of nitrogens with zero attached hydrogens (tertiary/aromatic N) is 3. The van der Waals surface area contributed by atoms with Gasteiger partial charge in [0.05, 0.1) is 34.4 Å². The number of fused-ring (bicyclic) bond motifs is 4. The van der Waals surface area contributed by atoms with Crippen LogP contribution in [0, 0.1) is 5.41 Å². The fraction of sp³-hybridized carbons (Fsp3) is 0.387. The number of hydrogen-bond donors (Lipinski definition) is 0. The summed E-state index contributed by atoms with van der Waals surface area (Å²) in [6, 6.07) is 6.67. The first-order valence-corrected chi connectivity index (χ1v) is 14.7. The van der Waals surface area contributed by atoms with Gasteiger partial charge in [0.1, 0.15) is 23.0 Å². The van der Waals surface area contributed by atoms with E-state index < -0.39 is 6.61 Å². The van der Waals surface area contributed by atoms with Crippen molar-refractivity contribution in [3.05, 3.63) is 70.3 Å². The van der Waals surface area contributed by atoms with Crippen LogP contribution in [0.25, 0.3) is 28.2 Å². The van der Waals surface area contributed by atoms with Crippen LogP contribution < -0.4 is 9.47 Å². The molecule has 2 saturated heterocycles. The van der Waals surface area contributed by atoms with Gasteiger partial charge in [0.2, 0.25) is 0 Å². The second kappa shape index (κ2) is 10.8. The largest absolute Gasteiger partial charge is 0.493 e. The molecule has 3 aromatic heterocycles. The summed E-state index contributed by atoms with van der Waals surface area (Å²) in [5, 5.41) is 5.68. The monoisotopic (exact) mass is 613 g/mol. The van der Waals surface area contributed by atoms with Crippen LogP contribution >= 0.6 is 23.2 Å². The van der Waals surface area contributed by atoms with Gasteiger partial charge in [-0.25, -0.2) is 0 Å². The van der Waals surface area contributed by atoms with E-state index in [1.54, 1.807) is 30.6 Å². The molecule has 7 nitrogen and oxygen atoms in total. The number of aromatic nitrogens is 3. The van der Waals surface area contributed by atoms with E-state index in [4.69, 9.17) is 37.2 Å². The molecular weight excluding hydrogens is 587 g/mol. The van der Waals surface area contributed by atoms with Crippen LogP contribution in [0.3, 0.4) is 0 Å². The van der Waals surface area contributed by atoms with E-state index in [9.17, 15) is 8.78 Å². The zero-order valence-corrected chi connectivity index (χ0v) is 24.0. The summed E-state index contributed by atoms with van der Waals surface area (Å²) in [5.74, 6) is 1.84. The Hall–Kier alpha value is -3.27. The first kappa shape index (κ1) is 27.6. The van der Waals surface area contributed by atoms with Crippen molar-refractivity contribution in [3.8, 4) is 22.8 Å². The predicted molar refractivity (Wildman–Crippen MR) is 154 cm³/mol. The van der Waals surface area contributed by atoms with Crippen molar-refractivity contribution >= 4 is 40.2 Å². The molecule has 42 heavy (non-hydrogen) atoms. The number of halogens is 4. The van der Waals surface area contributed by atoms with Crippen molar-refractivity contribution in [2.75, 3.05) is 13.2 Å². The lowest BCUT2D eigenvalue weighted by Gasteiger charge is -2.51. The first-order chi connectivity index (χ1) is 20.3. The fourth-order valence-electron chi connectivity index (χ4n) is 5.98. The van der Waals surface area contributed by atoms with Gasteiger partial charge in [0.25, 0.3) is 0 Å². The first-order valence-electron chi connectivity index (χ1n) is 13.9. The van der Waals surface area contributed by atoms with E-state index in [1.165, 1.54) is 12.3 Å². The summed E-state index contributed by atoms with van der Waals surface area (Å²) in [5.41, 5.74) is 2.16. The molecule has 2 aliphatic heterocycles. The van der Waals surface area contributed by atoms with Crippen LogP contribution in [-0.2, 0) is 4.74 Å². The molecule has 2 aliphatic carbocycles. The highest BCUT2D eigenvalue weighted by Gasteiger charge is 2.49. The molecule has 2 bridgehead atoms. The molecule has 11 heteroatoms. The second-order valence-electron chi connectivity index (χ2n) is 11.4. The van der Waals surface area contributed by atoms with Crippen LogP contribution in [-0.4, -0.2) is 40.6 Å². The van der Waals surface area contributed by atoms with Crippen molar-refractivity contribution in [2.45, 2.75) is 56.7 Å². The maximum Gasteiger partial charge on any atom is 0.387 e. The molecule has 4 aliphatic rings. The molecule has 8 rings (SSSR count). The Labute approximate surface area is 250 Å². The van der Waals surface area contributed by atoms with Gasteiger partial charge in [-0.15, -0.1) is 0 Å². The van der Waals surface area contributed by atoms with Gasteiger partial charge in [0, 0.05) is 46.4 Å². The number of rotatable bonds is 9. The molecule has 0 N–H and O–H groups in total. The molecule has 2 saturated carbocycles. The lowest BCUT2D eigenvalue weighted by molar-refractivity contribution is -0.167. The summed E-state index contributed by atoms with van der Waals surface area (Å²) in [6.45, 7) is -1.90. The molecule has 5 heterocycles. The number of hydrogen-bond acceptors (Lipinski definition) is 7. The molecule has 218 valence electrons. The van der Waals surface area contributed by atoms with Gasteiger partial charge in [0.15, 0.2) is 0 Å². The lowest BCUT2D eigenvalue weighted by Crippen LogP contribution is -2.52. The van der Waals surface area contributed by atoms with Gasteiger partial charge in [-0.05, 0) is 62.8 Å². The normalized spacial score (nSPS) is 23.7. The Balaban J connectivity index is 1.07. The van der Waals surface area contributed by atoms with Crippen molar-refractivity contribution in [2.24, 2.45) is 5.41 Å². The molecule has 1 aromatic carbocycles. The van der Waals surface area contributed by atoms with E-state index in [2.05, 4.69) is 32.0 Å². The number of pyridine rings is 2. The average Bonchev–Trinajstić information content (AvgIpc) is 3.76. The lowest BCUT2D eigenvalue weighted by atomic mass is 9.66. The maximum atomic E-state index is 12.9. The Bertz CT molecular complexity index is 1630. The summed E-state index contributed by atoms with van der Waals surface area (Å²) in [7, 11) is 0. The zero-order valence-electron chi connectivity index (χ0n) is 22.5. The maximum absolute atomic E-state index is 12.9. The summed E-state index contributed by atoms with van der Waals surface area (Å²) in [6.07, 6.45) is 14.4. The molecule has 0 spiro atoms. The van der Waals surface area contributed by atoms with E-state index in [0.29, 0.717) is 57.1 Å². The minimum Gasteiger partial charge on any atom is -0.493 e. The summed E-state index contributed by atoms with van der Waals surface area (Å²) >= 11 is 12.9. The third kappa shape index (κ3) is 5.23. The predicted octanol–water partition coefficient (Wildman–Crippen LogP) is 8.49. The van der Waals surface area contributed by atoms with Crippen LogP contribution in [0.5, 0.6) is 11.5 Å². The van der Waals surface area contributed by atoms with Crippen molar-refractivity contribution < 1.29 is 27.5 Å². The highest BCUT2D eigenvalue weighted by molar-refractivity contribution is 6.39.